The lowest BCUT2D eigenvalue weighted by Crippen LogP contribution is -2.34. The highest BCUT2D eigenvalue weighted by atomic mass is 19.4. The second kappa shape index (κ2) is 10.3. The average Bonchev–Trinajstić information content (AvgIpc) is 3.26. The minimum atomic E-state index is -4.39. The second-order valence-corrected chi connectivity index (χ2v) is 7.96. The lowest BCUT2D eigenvalue weighted by atomic mass is 10.1. The van der Waals surface area contributed by atoms with E-state index in [1.807, 2.05) is 83.6 Å². The Balaban J connectivity index is 1.55. The number of benzene rings is 3. The molecule has 1 heterocycles. The molecule has 1 aromatic heterocycles. The maximum Gasteiger partial charge on any atom is 0.416 e. The molecule has 0 fully saturated rings. The van der Waals surface area contributed by atoms with E-state index in [1.54, 1.807) is 11.0 Å². The Hall–Kier alpha value is -4.00. The highest BCUT2D eigenvalue weighted by Crippen LogP contribution is 2.29. The molecule has 174 valence electrons. The van der Waals surface area contributed by atoms with Crippen molar-refractivity contribution in [2.24, 2.45) is 0 Å². The van der Waals surface area contributed by atoms with Gasteiger partial charge in [0.05, 0.1) is 12.1 Å². The lowest BCUT2D eigenvalue weighted by Gasteiger charge is -2.24. The third-order valence-electron chi connectivity index (χ3n) is 5.41. The number of alkyl halides is 3. The first-order valence-electron chi connectivity index (χ1n) is 10.8. The first kappa shape index (κ1) is 23.2. The summed E-state index contributed by atoms with van der Waals surface area (Å²) in [6.45, 7) is 0.944. The standard InChI is InChI=1S/C27H24F3N3O/c28-27(29,30)23-12-7-11-22(17-23)19-32-16-8-15-25(32)20-33(18-21-9-3-1-4-10-21)26(34)31-24-13-5-2-6-14-24/h1-17H,18-20H2,(H,31,34). The molecule has 4 nitrogen and oxygen atoms in total. The summed E-state index contributed by atoms with van der Waals surface area (Å²) in [6.07, 6.45) is -2.58. The maximum atomic E-state index is 13.1. The first-order chi connectivity index (χ1) is 16.4. The molecule has 0 bridgehead atoms. The Labute approximate surface area is 196 Å². The molecule has 4 rings (SSSR count). The van der Waals surface area contributed by atoms with E-state index in [0.29, 0.717) is 24.3 Å². The third kappa shape index (κ3) is 6.07. The summed E-state index contributed by atoms with van der Waals surface area (Å²) in [5.41, 5.74) is 2.34. The highest BCUT2D eigenvalue weighted by molar-refractivity contribution is 5.89. The lowest BCUT2D eigenvalue weighted by molar-refractivity contribution is -0.137. The van der Waals surface area contributed by atoms with Crippen molar-refractivity contribution in [2.45, 2.75) is 25.8 Å². The van der Waals surface area contributed by atoms with Gasteiger partial charge in [-0.25, -0.2) is 4.79 Å². The molecular formula is C27H24F3N3O. The van der Waals surface area contributed by atoms with E-state index in [4.69, 9.17) is 0 Å². The van der Waals surface area contributed by atoms with Crippen molar-refractivity contribution in [2.75, 3.05) is 5.32 Å². The fourth-order valence-electron chi connectivity index (χ4n) is 3.71. The van der Waals surface area contributed by atoms with E-state index in [0.717, 1.165) is 23.4 Å². The zero-order chi connectivity index (χ0) is 24.0. The predicted molar refractivity (Wildman–Crippen MR) is 126 cm³/mol. The summed E-state index contributed by atoms with van der Waals surface area (Å²) in [6, 6.07) is 27.6. The van der Waals surface area contributed by atoms with Crippen molar-refractivity contribution in [1.29, 1.82) is 0 Å². The van der Waals surface area contributed by atoms with Crippen molar-refractivity contribution in [3.05, 3.63) is 126 Å². The molecule has 0 saturated heterocycles. The van der Waals surface area contributed by atoms with Gasteiger partial charge in [0.2, 0.25) is 0 Å². The van der Waals surface area contributed by atoms with Crippen LogP contribution in [0.5, 0.6) is 0 Å². The van der Waals surface area contributed by atoms with Crippen LogP contribution in [0.2, 0.25) is 0 Å². The van der Waals surface area contributed by atoms with Crippen molar-refractivity contribution >= 4 is 11.7 Å². The molecule has 0 aliphatic carbocycles. The molecule has 0 unspecified atom stereocenters. The molecule has 2 amide bonds. The van der Waals surface area contributed by atoms with Gasteiger partial charge in [0.1, 0.15) is 0 Å². The molecule has 4 aromatic rings. The Morgan fingerprint density at radius 2 is 1.47 bits per heavy atom. The smallest absolute Gasteiger partial charge is 0.345 e. The largest absolute Gasteiger partial charge is 0.416 e. The Bertz CT molecular complexity index is 1220. The molecule has 0 spiro atoms. The second-order valence-electron chi connectivity index (χ2n) is 7.96. The number of para-hydroxylation sites is 1. The highest BCUT2D eigenvalue weighted by Gasteiger charge is 2.30. The van der Waals surface area contributed by atoms with Gasteiger partial charge in [0, 0.05) is 30.7 Å². The SMILES string of the molecule is O=C(Nc1ccccc1)N(Cc1ccccc1)Cc1cccn1Cc1cccc(C(F)(F)F)c1. The van der Waals surface area contributed by atoms with Gasteiger partial charge in [-0.05, 0) is 47.5 Å². The fraction of sp³-hybridized carbons (Fsp3) is 0.148. The van der Waals surface area contributed by atoms with E-state index in [2.05, 4.69) is 5.32 Å². The van der Waals surface area contributed by atoms with Crippen LogP contribution in [-0.4, -0.2) is 15.5 Å². The minimum Gasteiger partial charge on any atom is -0.345 e. The van der Waals surface area contributed by atoms with Gasteiger partial charge >= 0.3 is 12.2 Å². The normalized spacial score (nSPS) is 11.3. The van der Waals surface area contributed by atoms with Crippen LogP contribution >= 0.6 is 0 Å². The molecule has 0 saturated carbocycles. The van der Waals surface area contributed by atoms with Gasteiger partial charge in [-0.1, -0.05) is 60.7 Å². The van der Waals surface area contributed by atoms with Crippen LogP contribution in [0, 0.1) is 0 Å². The van der Waals surface area contributed by atoms with E-state index in [-0.39, 0.29) is 12.6 Å². The van der Waals surface area contributed by atoms with Gasteiger partial charge in [0.15, 0.2) is 0 Å². The van der Waals surface area contributed by atoms with Crippen molar-refractivity contribution in [3.8, 4) is 0 Å². The number of nitrogens with zero attached hydrogens (tertiary/aromatic N) is 2. The van der Waals surface area contributed by atoms with Gasteiger partial charge in [-0.15, -0.1) is 0 Å². The number of hydrogen-bond donors (Lipinski definition) is 1. The maximum absolute atomic E-state index is 13.1. The molecule has 7 heteroatoms. The Kier molecular flexibility index (Phi) is 7.01. The first-order valence-corrected chi connectivity index (χ1v) is 10.8. The number of aromatic nitrogens is 1. The Morgan fingerprint density at radius 1 is 0.794 bits per heavy atom. The number of nitrogens with one attached hydrogen (secondary N) is 1. The van der Waals surface area contributed by atoms with Gasteiger partial charge in [-0.2, -0.15) is 13.2 Å². The summed E-state index contributed by atoms with van der Waals surface area (Å²) in [5, 5.41) is 2.92. The molecular weight excluding hydrogens is 439 g/mol. The number of carbonyl (C=O) groups is 1. The van der Waals surface area contributed by atoms with Crippen LogP contribution in [0.1, 0.15) is 22.4 Å². The molecule has 1 N–H and O–H groups in total. The van der Waals surface area contributed by atoms with Crippen LogP contribution in [0.25, 0.3) is 0 Å². The zero-order valence-corrected chi connectivity index (χ0v) is 18.4. The van der Waals surface area contributed by atoms with E-state index < -0.39 is 11.7 Å². The Morgan fingerprint density at radius 3 is 2.18 bits per heavy atom. The predicted octanol–water partition coefficient (Wildman–Crippen LogP) is 6.79. The quantitative estimate of drug-likeness (QED) is 0.322. The number of anilines is 1. The number of carbonyl (C=O) groups excluding carboxylic acids is 1. The van der Waals surface area contributed by atoms with Gasteiger partial charge < -0.3 is 14.8 Å². The van der Waals surface area contributed by atoms with Crippen molar-refractivity contribution in [3.63, 3.8) is 0 Å². The van der Waals surface area contributed by atoms with Crippen molar-refractivity contribution in [1.82, 2.24) is 9.47 Å². The summed E-state index contributed by atoms with van der Waals surface area (Å²) in [4.78, 5) is 14.8. The van der Waals surface area contributed by atoms with Crippen LogP contribution in [0.15, 0.2) is 103 Å². The molecule has 0 aliphatic heterocycles. The summed E-state index contributed by atoms with van der Waals surface area (Å²) in [5.74, 6) is 0. The van der Waals surface area contributed by atoms with E-state index in [9.17, 15) is 18.0 Å². The number of hydrogen-bond acceptors (Lipinski definition) is 1. The molecule has 0 atom stereocenters. The van der Waals surface area contributed by atoms with Gasteiger partial charge in [0.25, 0.3) is 0 Å². The topological polar surface area (TPSA) is 37.3 Å². The number of halogens is 3. The molecule has 34 heavy (non-hydrogen) atoms. The van der Waals surface area contributed by atoms with Gasteiger partial charge in [-0.3, -0.25) is 0 Å². The monoisotopic (exact) mass is 463 g/mol. The average molecular weight is 464 g/mol. The fourth-order valence-corrected chi connectivity index (χ4v) is 3.71. The minimum absolute atomic E-state index is 0.262. The molecule has 3 aromatic carbocycles. The van der Waals surface area contributed by atoms with Crippen molar-refractivity contribution < 1.29 is 18.0 Å². The number of urea groups is 1. The van der Waals surface area contributed by atoms with Crippen LogP contribution in [0.4, 0.5) is 23.7 Å². The van der Waals surface area contributed by atoms with Crippen LogP contribution < -0.4 is 5.32 Å². The number of amides is 2. The number of rotatable bonds is 7. The van der Waals surface area contributed by atoms with Crippen LogP contribution in [0.3, 0.4) is 0 Å². The zero-order valence-electron chi connectivity index (χ0n) is 18.4. The van der Waals surface area contributed by atoms with E-state index in [1.165, 1.54) is 6.07 Å². The summed E-state index contributed by atoms with van der Waals surface area (Å²) in [7, 11) is 0. The summed E-state index contributed by atoms with van der Waals surface area (Å²) >= 11 is 0. The summed E-state index contributed by atoms with van der Waals surface area (Å²) < 4.78 is 41.2. The molecule has 0 aliphatic rings. The molecule has 0 radical (unpaired) electrons. The van der Waals surface area contributed by atoms with E-state index >= 15 is 0 Å². The van der Waals surface area contributed by atoms with Crippen LogP contribution in [-0.2, 0) is 25.8 Å². The third-order valence-corrected chi connectivity index (χ3v) is 5.41.